The molecule has 0 bridgehead atoms. The van der Waals surface area contributed by atoms with Crippen LogP contribution in [-0.4, -0.2) is 29.3 Å². The topological polar surface area (TPSA) is 49.4 Å². The molecule has 0 aromatic heterocycles. The first-order chi connectivity index (χ1) is 12.6. The molecule has 0 aliphatic heterocycles. The highest BCUT2D eigenvalue weighted by molar-refractivity contribution is 6.30. The van der Waals surface area contributed by atoms with Crippen LogP contribution in [0.1, 0.15) is 41.6 Å². The average Bonchev–Trinajstić information content (AvgIpc) is 3.49. The summed E-state index contributed by atoms with van der Waals surface area (Å²) >= 11 is 5.82. The number of nitrogens with one attached hydrogen (secondary N) is 1. The molecule has 0 spiro atoms. The molecule has 2 aromatic rings. The zero-order valence-electron chi connectivity index (χ0n) is 14.7. The molecule has 0 radical (unpaired) electrons. The monoisotopic (exact) mass is 370 g/mol. The van der Waals surface area contributed by atoms with Crippen molar-refractivity contribution in [2.75, 3.05) is 6.54 Å². The zero-order valence-corrected chi connectivity index (χ0v) is 15.4. The lowest BCUT2D eigenvalue weighted by Crippen LogP contribution is -2.33. The normalized spacial score (nSPS) is 13.3. The van der Waals surface area contributed by atoms with E-state index in [2.05, 4.69) is 17.4 Å². The van der Waals surface area contributed by atoms with Crippen molar-refractivity contribution in [3.05, 3.63) is 70.7 Å². The highest BCUT2D eigenvalue weighted by Gasteiger charge is 2.32. The molecule has 0 heterocycles. The minimum Gasteiger partial charge on any atom is -0.352 e. The van der Waals surface area contributed by atoms with E-state index in [0.717, 1.165) is 18.4 Å². The van der Waals surface area contributed by atoms with Gasteiger partial charge in [-0.2, -0.15) is 0 Å². The fourth-order valence-corrected chi connectivity index (χ4v) is 3.00. The summed E-state index contributed by atoms with van der Waals surface area (Å²) in [6, 6.07) is 17.2. The van der Waals surface area contributed by atoms with E-state index < -0.39 is 0 Å². The van der Waals surface area contributed by atoms with Gasteiger partial charge in [-0.05, 0) is 49.1 Å². The second-order valence-corrected chi connectivity index (χ2v) is 7.04. The van der Waals surface area contributed by atoms with Crippen molar-refractivity contribution < 1.29 is 9.59 Å². The third kappa shape index (κ3) is 5.33. The molecule has 0 atom stereocenters. The molecule has 26 heavy (non-hydrogen) atoms. The third-order valence-electron chi connectivity index (χ3n) is 4.46. The van der Waals surface area contributed by atoms with E-state index in [1.807, 2.05) is 23.1 Å². The summed E-state index contributed by atoms with van der Waals surface area (Å²) in [6.45, 7) is 1.15. The van der Waals surface area contributed by atoms with Crippen LogP contribution in [0.3, 0.4) is 0 Å². The summed E-state index contributed by atoms with van der Waals surface area (Å²) in [4.78, 5) is 26.6. The van der Waals surface area contributed by atoms with Gasteiger partial charge in [0.1, 0.15) is 0 Å². The SMILES string of the molecule is O=C(NCCCC(=O)N(Cc1ccccc1)C1CC1)c1ccc(Cl)cc1. The average molecular weight is 371 g/mol. The van der Waals surface area contributed by atoms with Crippen LogP contribution in [0.4, 0.5) is 0 Å². The zero-order chi connectivity index (χ0) is 18.4. The molecule has 2 amide bonds. The summed E-state index contributed by atoms with van der Waals surface area (Å²) in [6.07, 6.45) is 3.26. The summed E-state index contributed by atoms with van der Waals surface area (Å²) in [5, 5.41) is 3.46. The molecule has 5 heteroatoms. The predicted molar refractivity (Wildman–Crippen MR) is 103 cm³/mol. The first kappa shape index (κ1) is 18.5. The number of hydrogen-bond acceptors (Lipinski definition) is 2. The smallest absolute Gasteiger partial charge is 0.251 e. The van der Waals surface area contributed by atoms with Gasteiger partial charge in [-0.25, -0.2) is 0 Å². The Labute approximate surface area is 159 Å². The van der Waals surface area contributed by atoms with Gasteiger partial charge in [-0.1, -0.05) is 41.9 Å². The Balaban J connectivity index is 1.43. The van der Waals surface area contributed by atoms with Crippen molar-refractivity contribution in [3.8, 4) is 0 Å². The van der Waals surface area contributed by atoms with Crippen molar-refractivity contribution >= 4 is 23.4 Å². The van der Waals surface area contributed by atoms with Crippen LogP contribution < -0.4 is 5.32 Å². The molecule has 1 N–H and O–H groups in total. The lowest BCUT2D eigenvalue weighted by Gasteiger charge is -2.22. The molecule has 1 saturated carbocycles. The van der Waals surface area contributed by atoms with Gasteiger partial charge >= 0.3 is 0 Å². The van der Waals surface area contributed by atoms with Crippen LogP contribution in [0.25, 0.3) is 0 Å². The van der Waals surface area contributed by atoms with Gasteiger partial charge < -0.3 is 10.2 Å². The van der Waals surface area contributed by atoms with Crippen LogP contribution in [0.2, 0.25) is 5.02 Å². The van der Waals surface area contributed by atoms with Gasteiger partial charge in [0.25, 0.3) is 5.91 Å². The van der Waals surface area contributed by atoms with E-state index in [0.29, 0.717) is 42.6 Å². The third-order valence-corrected chi connectivity index (χ3v) is 4.72. The minimum atomic E-state index is -0.141. The molecule has 1 fully saturated rings. The van der Waals surface area contributed by atoms with E-state index in [9.17, 15) is 9.59 Å². The molecule has 3 rings (SSSR count). The van der Waals surface area contributed by atoms with Crippen LogP contribution in [0.15, 0.2) is 54.6 Å². The highest BCUT2D eigenvalue weighted by atomic mass is 35.5. The van der Waals surface area contributed by atoms with E-state index >= 15 is 0 Å². The van der Waals surface area contributed by atoms with Gasteiger partial charge in [0, 0.05) is 36.1 Å². The summed E-state index contributed by atoms with van der Waals surface area (Å²) < 4.78 is 0. The maximum Gasteiger partial charge on any atom is 0.251 e. The van der Waals surface area contributed by atoms with Crippen molar-refractivity contribution in [2.24, 2.45) is 0 Å². The Kier molecular flexibility index (Phi) is 6.29. The highest BCUT2D eigenvalue weighted by Crippen LogP contribution is 2.29. The lowest BCUT2D eigenvalue weighted by atomic mass is 10.2. The van der Waals surface area contributed by atoms with Gasteiger partial charge in [-0.3, -0.25) is 9.59 Å². The number of amides is 2. The van der Waals surface area contributed by atoms with Crippen molar-refractivity contribution in [1.82, 2.24) is 10.2 Å². The van der Waals surface area contributed by atoms with Crippen LogP contribution in [-0.2, 0) is 11.3 Å². The first-order valence-electron chi connectivity index (χ1n) is 9.00. The number of halogens is 1. The van der Waals surface area contributed by atoms with Crippen LogP contribution >= 0.6 is 11.6 Å². The quantitative estimate of drug-likeness (QED) is 0.713. The molecule has 1 aliphatic carbocycles. The number of rotatable bonds is 8. The van der Waals surface area contributed by atoms with Crippen molar-refractivity contribution in [2.45, 2.75) is 38.3 Å². The fraction of sp³-hybridized carbons (Fsp3) is 0.333. The molecule has 4 nitrogen and oxygen atoms in total. The molecule has 0 saturated heterocycles. The van der Waals surface area contributed by atoms with Gasteiger partial charge in [0.05, 0.1) is 0 Å². The molecule has 1 aliphatic rings. The minimum absolute atomic E-state index is 0.141. The maximum absolute atomic E-state index is 12.6. The predicted octanol–water partition coefficient (Wildman–Crippen LogP) is 4.04. The standard InChI is InChI=1S/C21H23ClN2O2/c22-18-10-8-17(9-11-18)21(26)23-14-4-7-20(25)24(19-12-13-19)15-16-5-2-1-3-6-16/h1-3,5-6,8-11,19H,4,7,12-15H2,(H,23,26). The molecule has 0 unspecified atom stereocenters. The van der Waals surface area contributed by atoms with E-state index in [4.69, 9.17) is 11.6 Å². The summed E-state index contributed by atoms with van der Waals surface area (Å²) in [7, 11) is 0. The Morgan fingerprint density at radius 1 is 1.04 bits per heavy atom. The van der Waals surface area contributed by atoms with Crippen molar-refractivity contribution in [3.63, 3.8) is 0 Å². The number of hydrogen-bond donors (Lipinski definition) is 1. The van der Waals surface area contributed by atoms with E-state index in [-0.39, 0.29) is 11.8 Å². The maximum atomic E-state index is 12.6. The van der Waals surface area contributed by atoms with Crippen LogP contribution in [0, 0.1) is 0 Å². The number of carbonyl (C=O) groups is 2. The van der Waals surface area contributed by atoms with Gasteiger partial charge in [-0.15, -0.1) is 0 Å². The Bertz CT molecular complexity index is 742. The Morgan fingerprint density at radius 3 is 2.38 bits per heavy atom. The van der Waals surface area contributed by atoms with Crippen molar-refractivity contribution in [1.29, 1.82) is 0 Å². The number of nitrogens with zero attached hydrogens (tertiary/aromatic N) is 1. The Morgan fingerprint density at radius 2 is 1.73 bits per heavy atom. The molecular formula is C21H23ClN2O2. The second-order valence-electron chi connectivity index (χ2n) is 6.60. The van der Waals surface area contributed by atoms with Gasteiger partial charge in [0.2, 0.25) is 5.91 Å². The first-order valence-corrected chi connectivity index (χ1v) is 9.38. The summed E-state index contributed by atoms with van der Waals surface area (Å²) in [5.41, 5.74) is 1.73. The molecule has 136 valence electrons. The van der Waals surface area contributed by atoms with Gasteiger partial charge in [0.15, 0.2) is 0 Å². The second kappa shape index (κ2) is 8.86. The number of benzene rings is 2. The van der Waals surface area contributed by atoms with E-state index in [1.54, 1.807) is 24.3 Å². The fourth-order valence-electron chi connectivity index (χ4n) is 2.88. The number of carbonyl (C=O) groups excluding carboxylic acids is 2. The van der Waals surface area contributed by atoms with Crippen LogP contribution in [0.5, 0.6) is 0 Å². The molecule has 2 aromatic carbocycles. The summed E-state index contributed by atoms with van der Waals surface area (Å²) in [5.74, 6) is 0.0227. The Hall–Kier alpha value is -2.33. The molecular weight excluding hydrogens is 348 g/mol. The lowest BCUT2D eigenvalue weighted by molar-refractivity contribution is -0.132. The largest absolute Gasteiger partial charge is 0.352 e. The van der Waals surface area contributed by atoms with E-state index in [1.165, 1.54) is 0 Å².